The van der Waals surface area contributed by atoms with E-state index in [0.29, 0.717) is 24.1 Å². The van der Waals surface area contributed by atoms with Gasteiger partial charge >= 0.3 is 0 Å². The number of nitrogens with zero attached hydrogens (tertiary/aromatic N) is 1. The Balaban J connectivity index is 1.91. The Hall–Kier alpha value is -0.160. The van der Waals surface area contributed by atoms with Crippen LogP contribution in [0.3, 0.4) is 0 Å². The SMILES string of the molecule is CCC1COC(C)CN1CC(NC)C1CCOC1. The number of nitrogens with one attached hydrogen (secondary N) is 1. The summed E-state index contributed by atoms with van der Waals surface area (Å²) in [6, 6.07) is 1.13. The number of ether oxygens (including phenoxy) is 2. The molecule has 2 heterocycles. The van der Waals surface area contributed by atoms with E-state index in [4.69, 9.17) is 9.47 Å². The fraction of sp³-hybridized carbons (Fsp3) is 1.00. The molecule has 4 unspecified atom stereocenters. The number of likely N-dealkylation sites (N-methyl/N-ethyl adjacent to an activating group) is 1. The lowest BCUT2D eigenvalue weighted by molar-refractivity contribution is -0.0602. The molecule has 2 rings (SSSR count). The molecule has 4 heteroatoms. The Morgan fingerprint density at radius 1 is 1.39 bits per heavy atom. The van der Waals surface area contributed by atoms with Gasteiger partial charge in [0, 0.05) is 37.7 Å². The summed E-state index contributed by atoms with van der Waals surface area (Å²) in [4.78, 5) is 2.60. The van der Waals surface area contributed by atoms with E-state index in [9.17, 15) is 0 Å². The second kappa shape index (κ2) is 6.85. The molecule has 0 aromatic carbocycles. The number of hydrogen-bond donors (Lipinski definition) is 1. The normalized spacial score (nSPS) is 35.8. The highest BCUT2D eigenvalue weighted by Crippen LogP contribution is 2.21. The third kappa shape index (κ3) is 3.44. The third-order valence-corrected chi connectivity index (χ3v) is 4.39. The summed E-state index contributed by atoms with van der Waals surface area (Å²) < 4.78 is 11.3. The Labute approximate surface area is 111 Å². The minimum absolute atomic E-state index is 0.366. The van der Waals surface area contributed by atoms with Crippen LogP contribution >= 0.6 is 0 Å². The van der Waals surface area contributed by atoms with Gasteiger partial charge < -0.3 is 14.8 Å². The van der Waals surface area contributed by atoms with E-state index in [1.165, 1.54) is 12.8 Å². The second-order valence-corrected chi connectivity index (χ2v) is 5.68. The zero-order valence-electron chi connectivity index (χ0n) is 12.0. The Morgan fingerprint density at radius 2 is 2.22 bits per heavy atom. The molecule has 4 nitrogen and oxygen atoms in total. The molecule has 0 saturated carbocycles. The van der Waals surface area contributed by atoms with Gasteiger partial charge in [0.1, 0.15) is 0 Å². The van der Waals surface area contributed by atoms with Crippen LogP contribution in [0.4, 0.5) is 0 Å². The lowest BCUT2D eigenvalue weighted by Gasteiger charge is -2.41. The molecule has 0 amide bonds. The van der Waals surface area contributed by atoms with Crippen molar-refractivity contribution in [2.24, 2.45) is 5.92 Å². The van der Waals surface area contributed by atoms with Gasteiger partial charge in [-0.1, -0.05) is 6.92 Å². The summed E-state index contributed by atoms with van der Waals surface area (Å²) in [5, 5.41) is 3.49. The fourth-order valence-electron chi connectivity index (χ4n) is 3.11. The van der Waals surface area contributed by atoms with E-state index >= 15 is 0 Å². The van der Waals surface area contributed by atoms with Crippen LogP contribution in [-0.4, -0.2) is 63.0 Å². The summed E-state index contributed by atoms with van der Waals surface area (Å²) in [6.07, 6.45) is 2.73. The maximum absolute atomic E-state index is 5.77. The van der Waals surface area contributed by atoms with Crippen LogP contribution in [0.25, 0.3) is 0 Å². The first-order chi connectivity index (χ1) is 8.74. The minimum atomic E-state index is 0.366. The topological polar surface area (TPSA) is 33.7 Å². The highest BCUT2D eigenvalue weighted by molar-refractivity contribution is 4.86. The van der Waals surface area contributed by atoms with Crippen molar-refractivity contribution in [3.63, 3.8) is 0 Å². The molecule has 2 saturated heterocycles. The molecular weight excluding hydrogens is 228 g/mol. The molecule has 0 spiro atoms. The number of rotatable bonds is 5. The summed E-state index contributed by atoms with van der Waals surface area (Å²) in [5.41, 5.74) is 0. The molecule has 4 atom stereocenters. The predicted molar refractivity (Wildman–Crippen MR) is 72.8 cm³/mol. The molecule has 2 aliphatic heterocycles. The summed E-state index contributed by atoms with van der Waals surface area (Å²) in [6.45, 7) is 9.34. The Kier molecular flexibility index (Phi) is 5.42. The van der Waals surface area contributed by atoms with Gasteiger partial charge in [-0.3, -0.25) is 4.90 Å². The average molecular weight is 256 g/mol. The summed E-state index contributed by atoms with van der Waals surface area (Å²) in [5.74, 6) is 0.672. The van der Waals surface area contributed by atoms with E-state index in [2.05, 4.69) is 31.1 Å². The average Bonchev–Trinajstić information content (AvgIpc) is 2.90. The van der Waals surface area contributed by atoms with Gasteiger partial charge in [-0.05, 0) is 26.8 Å². The van der Waals surface area contributed by atoms with Crippen molar-refractivity contribution >= 4 is 0 Å². The smallest absolute Gasteiger partial charge is 0.0674 e. The molecule has 106 valence electrons. The fourth-order valence-corrected chi connectivity index (χ4v) is 3.11. The van der Waals surface area contributed by atoms with Crippen molar-refractivity contribution in [2.75, 3.05) is 40.0 Å². The second-order valence-electron chi connectivity index (χ2n) is 5.68. The minimum Gasteiger partial charge on any atom is -0.381 e. The molecule has 0 aliphatic carbocycles. The standard InChI is InChI=1S/C14H28N2O2/c1-4-13-10-18-11(2)7-16(13)8-14(15-3)12-5-6-17-9-12/h11-15H,4-10H2,1-3H3. The van der Waals surface area contributed by atoms with Crippen LogP contribution in [0, 0.1) is 5.92 Å². The molecule has 0 aromatic rings. The first-order valence-electron chi connectivity index (χ1n) is 7.35. The van der Waals surface area contributed by atoms with Crippen molar-refractivity contribution < 1.29 is 9.47 Å². The van der Waals surface area contributed by atoms with Crippen molar-refractivity contribution in [3.05, 3.63) is 0 Å². The van der Waals surface area contributed by atoms with Gasteiger partial charge in [0.15, 0.2) is 0 Å². The van der Waals surface area contributed by atoms with E-state index in [0.717, 1.165) is 32.9 Å². The number of hydrogen-bond acceptors (Lipinski definition) is 4. The van der Waals surface area contributed by atoms with Crippen LogP contribution in [0.2, 0.25) is 0 Å². The maximum atomic E-state index is 5.77. The zero-order valence-corrected chi connectivity index (χ0v) is 12.0. The molecule has 0 radical (unpaired) electrons. The molecule has 2 fully saturated rings. The van der Waals surface area contributed by atoms with Crippen LogP contribution in [-0.2, 0) is 9.47 Å². The third-order valence-electron chi connectivity index (χ3n) is 4.39. The lowest BCUT2D eigenvalue weighted by atomic mass is 9.97. The highest BCUT2D eigenvalue weighted by Gasteiger charge is 2.31. The maximum Gasteiger partial charge on any atom is 0.0674 e. The van der Waals surface area contributed by atoms with Gasteiger partial charge in [0.05, 0.1) is 19.3 Å². The van der Waals surface area contributed by atoms with Crippen molar-refractivity contribution in [1.29, 1.82) is 0 Å². The van der Waals surface area contributed by atoms with Gasteiger partial charge in [-0.2, -0.15) is 0 Å². The lowest BCUT2D eigenvalue weighted by Crippen LogP contribution is -2.54. The largest absolute Gasteiger partial charge is 0.381 e. The molecule has 0 aromatic heterocycles. The Bertz CT molecular complexity index is 244. The first kappa shape index (κ1) is 14.3. The molecule has 1 N–H and O–H groups in total. The number of morpholine rings is 1. The summed E-state index contributed by atoms with van der Waals surface area (Å²) in [7, 11) is 2.08. The molecule has 18 heavy (non-hydrogen) atoms. The van der Waals surface area contributed by atoms with Crippen LogP contribution in [0.15, 0.2) is 0 Å². The van der Waals surface area contributed by atoms with Gasteiger partial charge in [-0.15, -0.1) is 0 Å². The zero-order chi connectivity index (χ0) is 13.0. The quantitative estimate of drug-likeness (QED) is 0.799. The van der Waals surface area contributed by atoms with Crippen LogP contribution < -0.4 is 5.32 Å². The molecule has 0 bridgehead atoms. The monoisotopic (exact) mass is 256 g/mol. The van der Waals surface area contributed by atoms with E-state index in [-0.39, 0.29) is 0 Å². The molecular formula is C14H28N2O2. The predicted octanol–water partition coefficient (Wildman–Crippen LogP) is 1.11. The Morgan fingerprint density at radius 3 is 2.83 bits per heavy atom. The summed E-state index contributed by atoms with van der Waals surface area (Å²) >= 11 is 0. The van der Waals surface area contributed by atoms with Crippen molar-refractivity contribution in [1.82, 2.24) is 10.2 Å². The van der Waals surface area contributed by atoms with Gasteiger partial charge in [0.25, 0.3) is 0 Å². The van der Waals surface area contributed by atoms with Crippen LogP contribution in [0.5, 0.6) is 0 Å². The van der Waals surface area contributed by atoms with E-state index in [1.807, 2.05) is 0 Å². The highest BCUT2D eigenvalue weighted by atomic mass is 16.5. The van der Waals surface area contributed by atoms with Gasteiger partial charge in [0.2, 0.25) is 0 Å². The van der Waals surface area contributed by atoms with Crippen molar-refractivity contribution in [2.45, 2.75) is 44.9 Å². The first-order valence-corrected chi connectivity index (χ1v) is 7.35. The van der Waals surface area contributed by atoms with Crippen LogP contribution in [0.1, 0.15) is 26.7 Å². The van der Waals surface area contributed by atoms with Gasteiger partial charge in [-0.25, -0.2) is 0 Å². The van der Waals surface area contributed by atoms with Crippen molar-refractivity contribution in [3.8, 4) is 0 Å². The molecule has 2 aliphatic rings. The van der Waals surface area contributed by atoms with E-state index in [1.54, 1.807) is 0 Å². The van der Waals surface area contributed by atoms with E-state index < -0.39 is 0 Å².